The van der Waals surface area contributed by atoms with Crippen LogP contribution in [0.15, 0.2) is 11.6 Å². The number of allylic oxidation sites excluding steroid dienone is 1. The number of carbonyl (C=O) groups excluding carboxylic acids is 2. The summed E-state index contributed by atoms with van der Waals surface area (Å²) in [5.74, 6) is -0.300. The fraction of sp³-hybridized carbons (Fsp3) is 0.667. The molecule has 0 aromatic carbocycles. The van der Waals surface area contributed by atoms with Crippen molar-refractivity contribution in [1.29, 1.82) is 0 Å². The maximum Gasteiger partial charge on any atom is 0.313 e. The van der Waals surface area contributed by atoms with Crippen molar-refractivity contribution in [2.75, 3.05) is 0 Å². The van der Waals surface area contributed by atoms with E-state index in [0.717, 1.165) is 5.57 Å². The van der Waals surface area contributed by atoms with E-state index in [0.29, 0.717) is 6.42 Å². The Hall–Kier alpha value is -1.12. The quantitative estimate of drug-likeness (QED) is 0.655. The minimum Gasteiger partial charge on any atom is -0.463 e. The highest BCUT2D eigenvalue weighted by Crippen LogP contribution is 2.29. The van der Waals surface area contributed by atoms with Crippen molar-refractivity contribution >= 4 is 11.8 Å². The summed E-state index contributed by atoms with van der Waals surface area (Å²) in [6.45, 7) is 7.39. The zero-order chi connectivity index (χ0) is 11.6. The first-order valence-electron chi connectivity index (χ1n) is 5.33. The Bertz CT molecular complexity index is 302. The Morgan fingerprint density at radius 3 is 2.60 bits per heavy atom. The van der Waals surface area contributed by atoms with Crippen LogP contribution < -0.4 is 0 Å². The summed E-state index contributed by atoms with van der Waals surface area (Å²) < 4.78 is 5.17. The lowest BCUT2D eigenvalue weighted by atomic mass is 9.79. The monoisotopic (exact) mass is 210 g/mol. The standard InChI is InChI=1S/C12H18O3/c1-7(2)15-12(14)11-8(3)5-10(13)6-9(11)4/h5,7,9,11H,6H2,1-4H3/t9-,11-/m0/s1. The number of hydrogen-bond donors (Lipinski definition) is 0. The maximum absolute atomic E-state index is 11.8. The molecule has 1 aliphatic carbocycles. The van der Waals surface area contributed by atoms with E-state index in [1.807, 2.05) is 27.7 Å². The number of rotatable bonds is 2. The number of hydrogen-bond acceptors (Lipinski definition) is 3. The average Bonchev–Trinajstić information content (AvgIpc) is 1.99. The molecule has 0 bridgehead atoms. The smallest absolute Gasteiger partial charge is 0.313 e. The molecule has 1 rings (SSSR count). The second-order valence-corrected chi connectivity index (χ2v) is 4.50. The van der Waals surface area contributed by atoms with Gasteiger partial charge in [-0.15, -0.1) is 0 Å². The molecule has 3 nitrogen and oxygen atoms in total. The molecule has 2 atom stereocenters. The van der Waals surface area contributed by atoms with Gasteiger partial charge in [-0.25, -0.2) is 0 Å². The molecule has 0 aliphatic heterocycles. The number of ketones is 1. The van der Waals surface area contributed by atoms with E-state index < -0.39 is 0 Å². The van der Waals surface area contributed by atoms with E-state index in [1.165, 1.54) is 0 Å². The Balaban J connectivity index is 2.80. The van der Waals surface area contributed by atoms with Crippen LogP contribution in [-0.2, 0) is 14.3 Å². The van der Waals surface area contributed by atoms with Gasteiger partial charge in [0.15, 0.2) is 5.78 Å². The summed E-state index contributed by atoms with van der Waals surface area (Å²) in [6, 6.07) is 0. The fourth-order valence-electron chi connectivity index (χ4n) is 2.01. The van der Waals surface area contributed by atoms with Crippen LogP contribution in [0.25, 0.3) is 0 Å². The second-order valence-electron chi connectivity index (χ2n) is 4.50. The van der Waals surface area contributed by atoms with Crippen LogP contribution in [-0.4, -0.2) is 17.9 Å². The molecule has 1 aliphatic rings. The third-order valence-corrected chi connectivity index (χ3v) is 2.58. The lowest BCUT2D eigenvalue weighted by Gasteiger charge is -2.26. The SMILES string of the molecule is CC1=CC(=O)C[C@H](C)[C@H]1C(=O)OC(C)C. The zero-order valence-electron chi connectivity index (χ0n) is 9.74. The Kier molecular flexibility index (Phi) is 3.66. The molecule has 0 aromatic rings. The molecule has 0 saturated carbocycles. The van der Waals surface area contributed by atoms with Gasteiger partial charge in [-0.3, -0.25) is 9.59 Å². The summed E-state index contributed by atoms with van der Waals surface area (Å²) in [6.07, 6.45) is 1.90. The first-order valence-corrected chi connectivity index (χ1v) is 5.33. The number of esters is 1. The van der Waals surface area contributed by atoms with Crippen LogP contribution in [0.5, 0.6) is 0 Å². The minimum absolute atomic E-state index is 0.0498. The highest BCUT2D eigenvalue weighted by Gasteiger charge is 2.33. The van der Waals surface area contributed by atoms with Gasteiger partial charge in [-0.1, -0.05) is 12.5 Å². The molecule has 0 saturated heterocycles. The van der Waals surface area contributed by atoms with Crippen molar-refractivity contribution in [1.82, 2.24) is 0 Å². The predicted molar refractivity (Wildman–Crippen MR) is 57.3 cm³/mol. The van der Waals surface area contributed by atoms with Gasteiger partial charge in [0.25, 0.3) is 0 Å². The van der Waals surface area contributed by atoms with Crippen LogP contribution in [0, 0.1) is 11.8 Å². The van der Waals surface area contributed by atoms with Gasteiger partial charge in [0, 0.05) is 6.42 Å². The van der Waals surface area contributed by atoms with Gasteiger partial charge in [0.2, 0.25) is 0 Å². The van der Waals surface area contributed by atoms with Gasteiger partial charge in [0.1, 0.15) is 0 Å². The van der Waals surface area contributed by atoms with E-state index >= 15 is 0 Å². The predicted octanol–water partition coefficient (Wildman–Crippen LogP) is 2.11. The molecule has 0 aromatic heterocycles. The first kappa shape index (κ1) is 12.0. The van der Waals surface area contributed by atoms with Crippen molar-refractivity contribution in [3.05, 3.63) is 11.6 Å². The summed E-state index contributed by atoms with van der Waals surface area (Å²) in [5.41, 5.74) is 0.824. The molecule has 0 radical (unpaired) electrons. The summed E-state index contributed by atoms with van der Waals surface area (Å²) in [5, 5.41) is 0. The van der Waals surface area contributed by atoms with Gasteiger partial charge in [-0.2, -0.15) is 0 Å². The Labute approximate surface area is 90.5 Å². The molecule has 0 spiro atoms. The van der Waals surface area contributed by atoms with Crippen molar-refractivity contribution in [3.63, 3.8) is 0 Å². The summed E-state index contributed by atoms with van der Waals surface area (Å²) in [4.78, 5) is 23.0. The van der Waals surface area contributed by atoms with Crippen molar-refractivity contribution < 1.29 is 14.3 Å². The topological polar surface area (TPSA) is 43.4 Å². The highest BCUT2D eigenvalue weighted by molar-refractivity contribution is 5.94. The number of ether oxygens (including phenoxy) is 1. The van der Waals surface area contributed by atoms with Gasteiger partial charge >= 0.3 is 5.97 Å². The summed E-state index contributed by atoms with van der Waals surface area (Å²) >= 11 is 0. The maximum atomic E-state index is 11.8. The number of carbonyl (C=O) groups is 2. The zero-order valence-corrected chi connectivity index (χ0v) is 9.74. The fourth-order valence-corrected chi connectivity index (χ4v) is 2.01. The van der Waals surface area contributed by atoms with Crippen LogP contribution in [0.4, 0.5) is 0 Å². The van der Waals surface area contributed by atoms with Crippen LogP contribution in [0.1, 0.15) is 34.1 Å². The van der Waals surface area contributed by atoms with Crippen molar-refractivity contribution in [2.45, 2.75) is 40.2 Å². The summed E-state index contributed by atoms with van der Waals surface area (Å²) in [7, 11) is 0. The lowest BCUT2D eigenvalue weighted by molar-refractivity contribution is -0.152. The molecule has 0 amide bonds. The molecular weight excluding hydrogens is 192 g/mol. The second kappa shape index (κ2) is 4.60. The average molecular weight is 210 g/mol. The molecule has 0 fully saturated rings. The van der Waals surface area contributed by atoms with E-state index in [9.17, 15) is 9.59 Å². The lowest BCUT2D eigenvalue weighted by Crippen LogP contribution is -2.31. The first-order chi connectivity index (χ1) is 6.91. The largest absolute Gasteiger partial charge is 0.463 e. The Morgan fingerprint density at radius 2 is 2.13 bits per heavy atom. The molecule has 0 heterocycles. The molecule has 3 heteroatoms. The van der Waals surface area contributed by atoms with Crippen molar-refractivity contribution in [2.24, 2.45) is 11.8 Å². The molecule has 84 valence electrons. The van der Waals surface area contributed by atoms with Crippen LogP contribution in [0.2, 0.25) is 0 Å². The van der Waals surface area contributed by atoms with Crippen LogP contribution in [0.3, 0.4) is 0 Å². The van der Waals surface area contributed by atoms with E-state index in [2.05, 4.69) is 0 Å². The third-order valence-electron chi connectivity index (χ3n) is 2.58. The van der Waals surface area contributed by atoms with E-state index in [-0.39, 0.29) is 29.7 Å². The molecular formula is C12H18O3. The van der Waals surface area contributed by atoms with E-state index in [1.54, 1.807) is 6.08 Å². The van der Waals surface area contributed by atoms with Crippen LogP contribution >= 0.6 is 0 Å². The van der Waals surface area contributed by atoms with Gasteiger partial charge < -0.3 is 4.74 Å². The highest BCUT2D eigenvalue weighted by atomic mass is 16.5. The van der Waals surface area contributed by atoms with Gasteiger partial charge in [0.05, 0.1) is 12.0 Å². The van der Waals surface area contributed by atoms with Gasteiger partial charge in [-0.05, 0) is 32.8 Å². The van der Waals surface area contributed by atoms with Crippen molar-refractivity contribution in [3.8, 4) is 0 Å². The third kappa shape index (κ3) is 2.91. The normalized spacial score (nSPS) is 26.5. The Morgan fingerprint density at radius 1 is 1.53 bits per heavy atom. The van der Waals surface area contributed by atoms with E-state index in [4.69, 9.17) is 4.74 Å². The molecule has 15 heavy (non-hydrogen) atoms. The minimum atomic E-state index is -0.245. The molecule has 0 N–H and O–H groups in total. The molecule has 0 unspecified atom stereocenters.